The maximum absolute atomic E-state index is 12.1. The van der Waals surface area contributed by atoms with Gasteiger partial charge in [0.1, 0.15) is 17.4 Å². The lowest BCUT2D eigenvalue weighted by Crippen LogP contribution is -2.21. The molecule has 0 unspecified atom stereocenters. The quantitative estimate of drug-likeness (QED) is 0.735. The average molecular weight is 339 g/mol. The van der Waals surface area contributed by atoms with Crippen molar-refractivity contribution in [3.05, 3.63) is 63.7 Å². The van der Waals surface area contributed by atoms with Crippen LogP contribution in [0.2, 0.25) is 0 Å². The molecular weight excluding hydrogens is 322 g/mol. The van der Waals surface area contributed by atoms with Crippen molar-refractivity contribution >= 4 is 5.97 Å². The van der Waals surface area contributed by atoms with Crippen LogP contribution in [0, 0.1) is 0 Å². The van der Waals surface area contributed by atoms with Gasteiger partial charge in [-0.05, 0) is 17.5 Å². The van der Waals surface area contributed by atoms with Gasteiger partial charge < -0.3 is 14.0 Å². The number of ether oxygens (including phenoxy) is 2. The molecule has 3 heterocycles. The lowest BCUT2D eigenvalue weighted by Gasteiger charge is -2.27. The van der Waals surface area contributed by atoms with E-state index in [0.717, 1.165) is 12.0 Å². The molecule has 0 saturated carbocycles. The van der Waals surface area contributed by atoms with Gasteiger partial charge in [0, 0.05) is 12.4 Å². The minimum atomic E-state index is -0.532. The largest absolute Gasteiger partial charge is 0.465 e. The number of H-pyrrole nitrogens is 1. The van der Waals surface area contributed by atoms with Gasteiger partial charge in [-0.15, -0.1) is 0 Å². The van der Waals surface area contributed by atoms with Crippen LogP contribution in [0.4, 0.5) is 0 Å². The fourth-order valence-corrected chi connectivity index (χ4v) is 3.27. The first-order valence-corrected chi connectivity index (χ1v) is 8.03. The Kier molecular flexibility index (Phi) is 3.85. The number of hydrogen-bond donors (Lipinski definition) is 1. The molecule has 1 atom stereocenters. The van der Waals surface area contributed by atoms with Gasteiger partial charge in [-0.1, -0.05) is 24.3 Å². The normalized spacial score (nSPS) is 16.6. The monoisotopic (exact) mass is 339 g/mol. The molecule has 0 spiro atoms. The van der Waals surface area contributed by atoms with E-state index in [2.05, 4.69) is 22.3 Å². The third-order valence-electron chi connectivity index (χ3n) is 4.49. The molecule has 0 saturated heterocycles. The Morgan fingerprint density at radius 3 is 3.08 bits per heavy atom. The summed E-state index contributed by atoms with van der Waals surface area (Å²) in [5.41, 5.74) is 2.99. The van der Waals surface area contributed by atoms with Crippen molar-refractivity contribution in [2.24, 2.45) is 0 Å². The van der Waals surface area contributed by atoms with Gasteiger partial charge >= 0.3 is 5.97 Å². The fourth-order valence-electron chi connectivity index (χ4n) is 3.27. The van der Waals surface area contributed by atoms with Crippen molar-refractivity contribution in [3.63, 3.8) is 0 Å². The van der Waals surface area contributed by atoms with Crippen LogP contribution in [-0.4, -0.2) is 34.5 Å². The zero-order valence-corrected chi connectivity index (χ0v) is 13.7. The molecule has 4 rings (SSSR count). The number of nitrogens with zero attached hydrogens (tertiary/aromatic N) is 2. The van der Waals surface area contributed by atoms with Crippen LogP contribution in [0.3, 0.4) is 0 Å². The van der Waals surface area contributed by atoms with Crippen LogP contribution in [-0.2, 0) is 22.4 Å². The first-order valence-electron chi connectivity index (χ1n) is 8.03. The minimum Gasteiger partial charge on any atom is -0.465 e. The second kappa shape index (κ2) is 6.18. The van der Waals surface area contributed by atoms with Crippen LogP contribution in [0.25, 0.3) is 11.3 Å². The van der Waals surface area contributed by atoms with Gasteiger partial charge in [-0.25, -0.2) is 9.89 Å². The van der Waals surface area contributed by atoms with E-state index in [4.69, 9.17) is 9.47 Å². The predicted molar refractivity (Wildman–Crippen MR) is 89.6 cm³/mol. The molecule has 0 radical (unpaired) electrons. The maximum atomic E-state index is 12.1. The number of aromatic nitrogens is 3. The van der Waals surface area contributed by atoms with Crippen LogP contribution in [0.15, 0.2) is 41.5 Å². The van der Waals surface area contributed by atoms with E-state index in [1.165, 1.54) is 12.7 Å². The number of methoxy groups -OCH3 is 1. The Morgan fingerprint density at radius 2 is 2.24 bits per heavy atom. The third kappa shape index (κ3) is 2.72. The summed E-state index contributed by atoms with van der Waals surface area (Å²) in [6.45, 7) is 1.13. The predicted octanol–water partition coefficient (Wildman–Crippen LogP) is 1.78. The molecule has 1 N–H and O–H groups in total. The van der Waals surface area contributed by atoms with Gasteiger partial charge in [-0.2, -0.15) is 5.10 Å². The van der Waals surface area contributed by atoms with Gasteiger partial charge in [-0.3, -0.25) is 4.79 Å². The Morgan fingerprint density at radius 1 is 1.40 bits per heavy atom. The number of fused-ring (bicyclic) bond motifs is 2. The number of benzene rings is 1. The average Bonchev–Trinajstić information content (AvgIpc) is 3.02. The van der Waals surface area contributed by atoms with E-state index < -0.39 is 5.97 Å². The van der Waals surface area contributed by atoms with Crippen LogP contribution in [0.1, 0.15) is 27.6 Å². The van der Waals surface area contributed by atoms with Crippen molar-refractivity contribution in [1.29, 1.82) is 0 Å². The number of carbonyl (C=O) groups excluding carboxylic acids is 1. The van der Waals surface area contributed by atoms with E-state index in [9.17, 15) is 9.59 Å². The Balaban J connectivity index is 1.75. The highest BCUT2D eigenvalue weighted by Crippen LogP contribution is 2.29. The van der Waals surface area contributed by atoms with Crippen molar-refractivity contribution in [1.82, 2.24) is 14.8 Å². The van der Waals surface area contributed by atoms with Crippen molar-refractivity contribution < 1.29 is 14.3 Å². The Bertz CT molecular complexity index is 959. The van der Waals surface area contributed by atoms with E-state index in [1.807, 2.05) is 12.1 Å². The second-order valence-corrected chi connectivity index (χ2v) is 5.98. The molecule has 7 heteroatoms. The van der Waals surface area contributed by atoms with E-state index in [1.54, 1.807) is 17.0 Å². The highest BCUT2D eigenvalue weighted by Gasteiger charge is 2.25. The molecule has 0 aromatic heterocycles. The molecule has 0 aliphatic carbocycles. The van der Waals surface area contributed by atoms with Gasteiger partial charge in [0.15, 0.2) is 0 Å². The molecule has 3 aliphatic heterocycles. The number of pyridine rings is 1. The summed E-state index contributed by atoms with van der Waals surface area (Å²) in [5.74, 6) is -0.532. The summed E-state index contributed by atoms with van der Waals surface area (Å²) in [4.78, 5) is 24.0. The molecule has 1 aromatic carbocycles. The molecule has 3 aliphatic rings. The SMILES string of the molecule is COC(=O)c1cn(C[C@@H]2OCCc3ccccc32)cc2c(=O)[nH]nc1-2. The van der Waals surface area contributed by atoms with Gasteiger partial charge in [0.05, 0.1) is 25.8 Å². The minimum absolute atomic E-state index is 0.139. The zero-order chi connectivity index (χ0) is 17.4. The topological polar surface area (TPSA) is 86.2 Å². The number of esters is 1. The number of nitrogens with one attached hydrogen (secondary N) is 1. The van der Waals surface area contributed by atoms with Crippen LogP contribution < -0.4 is 5.56 Å². The number of carbonyl (C=O) groups is 1. The number of aromatic amines is 1. The number of rotatable bonds is 3. The Labute approximate surface area is 143 Å². The third-order valence-corrected chi connectivity index (χ3v) is 4.49. The molecule has 25 heavy (non-hydrogen) atoms. The Hall–Kier alpha value is -2.93. The zero-order valence-electron chi connectivity index (χ0n) is 13.7. The lowest BCUT2D eigenvalue weighted by atomic mass is 9.97. The van der Waals surface area contributed by atoms with Crippen molar-refractivity contribution in [2.45, 2.75) is 19.1 Å². The van der Waals surface area contributed by atoms with E-state index >= 15 is 0 Å². The highest BCUT2D eigenvalue weighted by molar-refractivity contribution is 5.95. The molecular formula is C18H17N3O4. The molecule has 0 fully saturated rings. The lowest BCUT2D eigenvalue weighted by molar-refractivity contribution is 0.0303. The molecule has 1 aromatic rings. The molecule has 0 amide bonds. The van der Waals surface area contributed by atoms with Crippen molar-refractivity contribution in [2.75, 3.05) is 13.7 Å². The second-order valence-electron chi connectivity index (χ2n) is 5.98. The van der Waals surface area contributed by atoms with E-state index in [0.29, 0.717) is 24.4 Å². The van der Waals surface area contributed by atoms with Crippen LogP contribution >= 0.6 is 0 Å². The standard InChI is InChI=1S/C18H17N3O4/c1-24-18(23)14-9-21(8-13-16(14)19-20-17(13)22)10-15-12-5-3-2-4-11(12)6-7-25-15/h2-5,8-9,15H,6-7,10H2,1H3,(H,20,22)/t15-/m0/s1. The molecule has 7 nitrogen and oxygen atoms in total. The summed E-state index contributed by atoms with van der Waals surface area (Å²) < 4.78 is 12.5. The van der Waals surface area contributed by atoms with Gasteiger partial charge in [0.25, 0.3) is 5.56 Å². The molecule has 128 valence electrons. The highest BCUT2D eigenvalue weighted by atomic mass is 16.5. The molecule has 0 bridgehead atoms. The summed E-state index contributed by atoms with van der Waals surface area (Å²) in [6, 6.07) is 8.16. The summed E-state index contributed by atoms with van der Waals surface area (Å²) in [5, 5.41) is 6.31. The first-order chi connectivity index (χ1) is 12.2. The van der Waals surface area contributed by atoms with Crippen LogP contribution in [0.5, 0.6) is 0 Å². The maximum Gasteiger partial charge on any atom is 0.341 e. The first kappa shape index (κ1) is 15.6. The van der Waals surface area contributed by atoms with Gasteiger partial charge in [0.2, 0.25) is 0 Å². The van der Waals surface area contributed by atoms with E-state index in [-0.39, 0.29) is 17.2 Å². The summed E-state index contributed by atoms with van der Waals surface area (Å²) in [6.07, 6.45) is 4.08. The number of hydrogen-bond acceptors (Lipinski definition) is 5. The smallest absolute Gasteiger partial charge is 0.341 e. The summed E-state index contributed by atoms with van der Waals surface area (Å²) >= 11 is 0. The van der Waals surface area contributed by atoms with Crippen molar-refractivity contribution in [3.8, 4) is 11.3 Å². The fraction of sp³-hybridized carbons (Fsp3) is 0.278. The summed E-state index contributed by atoms with van der Waals surface area (Å²) in [7, 11) is 1.30.